The molecule has 0 spiro atoms. The Hall–Kier alpha value is -3.63. The summed E-state index contributed by atoms with van der Waals surface area (Å²) in [4.78, 5) is 19.0. The summed E-state index contributed by atoms with van der Waals surface area (Å²) in [7, 11) is -0.223. The van der Waals surface area contributed by atoms with Gasteiger partial charge in [0.25, 0.3) is 0 Å². The van der Waals surface area contributed by atoms with Crippen molar-refractivity contribution in [1.82, 2.24) is 10.0 Å². The van der Waals surface area contributed by atoms with Gasteiger partial charge in [-0.05, 0) is 30.5 Å². The second-order valence-corrected chi connectivity index (χ2v) is 10.0. The number of carbonyl (C=O) groups is 1. The standard InChI is InChI=1S/C25H32N6O3S/c1-31(2)22-14-6-12-20-19(22)11-7-15-23(20)35(33,34)30-21(13-8-16-28-25(26)27)24(32)29-17-18-9-4-3-5-10-18/h3-7,9-12,14-15,21,30H,8,13,16-17H2,1-2H3,(H,29,32)(H4,26,27,28). The van der Waals surface area contributed by atoms with Crippen LogP contribution in [-0.2, 0) is 21.4 Å². The number of nitrogens with two attached hydrogens (primary N) is 2. The van der Waals surface area contributed by atoms with Gasteiger partial charge in [0.1, 0.15) is 6.04 Å². The van der Waals surface area contributed by atoms with Crippen LogP contribution in [0.15, 0.2) is 76.6 Å². The third kappa shape index (κ3) is 6.93. The van der Waals surface area contributed by atoms with Gasteiger partial charge < -0.3 is 21.7 Å². The van der Waals surface area contributed by atoms with Crippen LogP contribution in [0.2, 0.25) is 0 Å². The smallest absolute Gasteiger partial charge is 0.241 e. The molecular weight excluding hydrogens is 464 g/mol. The Morgan fingerprint density at radius 1 is 0.971 bits per heavy atom. The highest BCUT2D eigenvalue weighted by atomic mass is 32.2. The number of aliphatic imine (C=N–C) groups is 1. The molecule has 3 rings (SSSR count). The van der Waals surface area contributed by atoms with Crippen molar-refractivity contribution in [3.05, 3.63) is 72.3 Å². The molecule has 0 saturated heterocycles. The molecule has 0 aliphatic heterocycles. The number of fused-ring (bicyclic) bond motifs is 1. The maximum atomic E-state index is 13.5. The molecule has 0 aliphatic carbocycles. The van der Waals surface area contributed by atoms with Crippen molar-refractivity contribution in [3.63, 3.8) is 0 Å². The average molecular weight is 497 g/mol. The Morgan fingerprint density at radius 3 is 2.34 bits per heavy atom. The number of amides is 1. The normalized spacial score (nSPS) is 12.2. The van der Waals surface area contributed by atoms with Gasteiger partial charge in [-0.2, -0.15) is 4.72 Å². The number of hydrogen-bond donors (Lipinski definition) is 4. The van der Waals surface area contributed by atoms with E-state index in [-0.39, 0.29) is 30.4 Å². The zero-order valence-electron chi connectivity index (χ0n) is 19.9. The summed E-state index contributed by atoms with van der Waals surface area (Å²) in [6.07, 6.45) is 0.647. The number of nitrogens with zero attached hydrogens (tertiary/aromatic N) is 2. The van der Waals surface area contributed by atoms with Crippen molar-refractivity contribution >= 4 is 38.3 Å². The molecule has 0 fully saturated rings. The lowest BCUT2D eigenvalue weighted by atomic mass is 10.1. The second-order valence-electron chi connectivity index (χ2n) is 8.35. The first-order valence-corrected chi connectivity index (χ1v) is 12.8. The summed E-state index contributed by atoms with van der Waals surface area (Å²) in [6.45, 7) is 0.569. The first kappa shape index (κ1) is 26.0. The number of nitrogens with one attached hydrogen (secondary N) is 2. The second kappa shape index (κ2) is 11.7. The molecule has 3 aromatic carbocycles. The summed E-state index contributed by atoms with van der Waals surface area (Å²) in [5.74, 6) is -0.473. The van der Waals surface area contributed by atoms with E-state index < -0.39 is 22.0 Å². The third-order valence-corrected chi connectivity index (χ3v) is 7.03. The molecule has 186 valence electrons. The van der Waals surface area contributed by atoms with Gasteiger partial charge in [-0.1, -0.05) is 54.6 Å². The summed E-state index contributed by atoms with van der Waals surface area (Å²) in [5, 5.41) is 4.21. The topological polar surface area (TPSA) is 143 Å². The molecule has 6 N–H and O–H groups in total. The maximum absolute atomic E-state index is 13.5. The maximum Gasteiger partial charge on any atom is 0.241 e. The van der Waals surface area contributed by atoms with E-state index in [0.29, 0.717) is 11.8 Å². The Kier molecular flexibility index (Phi) is 8.67. The highest BCUT2D eigenvalue weighted by molar-refractivity contribution is 7.89. The molecule has 9 nitrogen and oxygen atoms in total. The van der Waals surface area contributed by atoms with E-state index in [1.807, 2.05) is 67.5 Å². The molecule has 35 heavy (non-hydrogen) atoms. The minimum Gasteiger partial charge on any atom is -0.377 e. The Morgan fingerprint density at radius 2 is 1.66 bits per heavy atom. The van der Waals surface area contributed by atoms with Gasteiger partial charge in [-0.15, -0.1) is 0 Å². The van der Waals surface area contributed by atoms with Crippen LogP contribution in [0.1, 0.15) is 18.4 Å². The highest BCUT2D eigenvalue weighted by Crippen LogP contribution is 2.30. The van der Waals surface area contributed by atoms with E-state index in [1.165, 1.54) is 0 Å². The minimum absolute atomic E-state index is 0.0527. The number of guanidine groups is 1. The van der Waals surface area contributed by atoms with Gasteiger partial charge in [-0.25, -0.2) is 8.42 Å². The molecule has 3 aromatic rings. The lowest BCUT2D eigenvalue weighted by Gasteiger charge is -2.20. The molecule has 1 amide bonds. The summed E-state index contributed by atoms with van der Waals surface area (Å²) in [5.41, 5.74) is 12.6. The molecule has 0 bridgehead atoms. The SMILES string of the molecule is CN(C)c1cccc2c(S(=O)(=O)NC(CCCN=C(N)N)C(=O)NCc3ccccc3)cccc12. The van der Waals surface area contributed by atoms with Gasteiger partial charge in [-0.3, -0.25) is 9.79 Å². The molecule has 0 aliphatic rings. The van der Waals surface area contributed by atoms with Crippen molar-refractivity contribution in [3.8, 4) is 0 Å². The fourth-order valence-corrected chi connectivity index (χ4v) is 5.25. The summed E-state index contributed by atoms with van der Waals surface area (Å²) in [6, 6.07) is 19.0. The molecule has 0 radical (unpaired) electrons. The van der Waals surface area contributed by atoms with E-state index in [4.69, 9.17) is 11.5 Å². The zero-order valence-corrected chi connectivity index (χ0v) is 20.8. The van der Waals surface area contributed by atoms with Crippen molar-refractivity contribution in [1.29, 1.82) is 0 Å². The van der Waals surface area contributed by atoms with Crippen LogP contribution in [0.5, 0.6) is 0 Å². The zero-order chi connectivity index (χ0) is 25.4. The van der Waals surface area contributed by atoms with Crippen molar-refractivity contribution in [2.75, 3.05) is 25.5 Å². The van der Waals surface area contributed by atoms with Gasteiger partial charge in [0.2, 0.25) is 15.9 Å². The van der Waals surface area contributed by atoms with Crippen LogP contribution in [0.25, 0.3) is 10.8 Å². The van der Waals surface area contributed by atoms with Crippen molar-refractivity contribution in [2.24, 2.45) is 16.5 Å². The number of anilines is 1. The summed E-state index contributed by atoms with van der Waals surface area (Å²) < 4.78 is 29.6. The molecule has 1 unspecified atom stereocenters. The van der Waals surface area contributed by atoms with Gasteiger partial charge in [0.05, 0.1) is 4.90 Å². The number of carbonyl (C=O) groups excluding carboxylic acids is 1. The monoisotopic (exact) mass is 496 g/mol. The number of hydrogen-bond acceptors (Lipinski definition) is 5. The van der Waals surface area contributed by atoms with Crippen LogP contribution in [0, 0.1) is 0 Å². The van der Waals surface area contributed by atoms with Gasteiger partial charge in [0.15, 0.2) is 5.96 Å². The van der Waals surface area contributed by atoms with Crippen LogP contribution >= 0.6 is 0 Å². The predicted octanol–water partition coefficient (Wildman–Crippen LogP) is 1.92. The van der Waals surface area contributed by atoms with Crippen LogP contribution < -0.4 is 26.4 Å². The Balaban J connectivity index is 1.86. The molecular formula is C25H32N6O3S. The van der Waals surface area contributed by atoms with E-state index in [0.717, 1.165) is 16.6 Å². The summed E-state index contributed by atoms with van der Waals surface area (Å²) >= 11 is 0. The first-order valence-electron chi connectivity index (χ1n) is 11.3. The highest BCUT2D eigenvalue weighted by Gasteiger charge is 2.27. The van der Waals surface area contributed by atoms with Crippen molar-refractivity contribution < 1.29 is 13.2 Å². The Bertz CT molecular complexity index is 1290. The lowest BCUT2D eigenvalue weighted by molar-refractivity contribution is -0.123. The fourth-order valence-electron chi connectivity index (χ4n) is 3.79. The average Bonchev–Trinajstić information content (AvgIpc) is 2.84. The van der Waals surface area contributed by atoms with E-state index in [1.54, 1.807) is 18.2 Å². The predicted molar refractivity (Wildman–Crippen MR) is 141 cm³/mol. The first-order chi connectivity index (χ1) is 16.7. The van der Waals surface area contributed by atoms with Gasteiger partial charge >= 0.3 is 0 Å². The molecule has 10 heteroatoms. The van der Waals surface area contributed by atoms with E-state index in [9.17, 15) is 13.2 Å². The van der Waals surface area contributed by atoms with Crippen LogP contribution in [0.4, 0.5) is 5.69 Å². The van der Waals surface area contributed by atoms with Gasteiger partial charge in [0, 0.05) is 43.6 Å². The quantitative estimate of drug-likeness (QED) is 0.181. The number of sulfonamides is 1. The van der Waals surface area contributed by atoms with E-state index in [2.05, 4.69) is 15.0 Å². The van der Waals surface area contributed by atoms with Crippen molar-refractivity contribution in [2.45, 2.75) is 30.3 Å². The lowest BCUT2D eigenvalue weighted by Crippen LogP contribution is -2.46. The Labute approximate surface area is 206 Å². The fraction of sp³-hybridized carbons (Fsp3) is 0.280. The third-order valence-electron chi connectivity index (χ3n) is 5.50. The number of benzene rings is 3. The number of rotatable bonds is 11. The minimum atomic E-state index is -4.02. The molecule has 1 atom stereocenters. The largest absolute Gasteiger partial charge is 0.377 e. The van der Waals surface area contributed by atoms with Crippen LogP contribution in [-0.4, -0.2) is 47.0 Å². The van der Waals surface area contributed by atoms with Crippen LogP contribution in [0.3, 0.4) is 0 Å². The molecule has 0 saturated carbocycles. The molecule has 0 aromatic heterocycles. The van der Waals surface area contributed by atoms with E-state index >= 15 is 0 Å². The molecule has 0 heterocycles.